The number of imidazole rings is 1. The minimum Gasteiger partial charge on any atom is -0.462 e. The van der Waals surface area contributed by atoms with E-state index in [4.69, 9.17) is 9.72 Å². The highest BCUT2D eigenvalue weighted by Gasteiger charge is 2.24. The molecule has 4 rings (SSSR count). The SMILES string of the molecule is CCOC(=O)c1sc(SCCc2ccccc2)c2c1nc1c(C)cc(C)cn12. The van der Waals surface area contributed by atoms with Gasteiger partial charge in [0.15, 0.2) is 0 Å². The molecule has 0 radical (unpaired) electrons. The summed E-state index contributed by atoms with van der Waals surface area (Å²) >= 11 is 3.28. The molecule has 0 fully saturated rings. The third kappa shape index (κ3) is 3.54. The van der Waals surface area contributed by atoms with E-state index in [9.17, 15) is 4.79 Å². The molecule has 0 saturated heterocycles. The summed E-state index contributed by atoms with van der Waals surface area (Å²) in [6.07, 6.45) is 3.08. The van der Waals surface area contributed by atoms with Crippen LogP contribution in [-0.2, 0) is 11.2 Å². The average molecular weight is 411 g/mol. The van der Waals surface area contributed by atoms with Gasteiger partial charge < -0.3 is 4.74 Å². The van der Waals surface area contributed by atoms with E-state index in [1.54, 1.807) is 11.8 Å². The van der Waals surface area contributed by atoms with Crippen molar-refractivity contribution in [1.82, 2.24) is 9.38 Å². The molecule has 4 aromatic rings. The number of carbonyl (C=O) groups is 1. The number of rotatable bonds is 6. The lowest BCUT2D eigenvalue weighted by Gasteiger charge is -2.04. The Labute approximate surface area is 172 Å². The van der Waals surface area contributed by atoms with E-state index in [-0.39, 0.29) is 5.97 Å². The maximum Gasteiger partial charge on any atom is 0.350 e. The van der Waals surface area contributed by atoms with Crippen LogP contribution in [0.1, 0.15) is 33.3 Å². The van der Waals surface area contributed by atoms with Crippen molar-refractivity contribution in [3.8, 4) is 0 Å². The molecule has 0 aliphatic heterocycles. The highest BCUT2D eigenvalue weighted by atomic mass is 32.2. The Morgan fingerprint density at radius 3 is 2.79 bits per heavy atom. The van der Waals surface area contributed by atoms with E-state index in [1.165, 1.54) is 22.5 Å². The third-order valence-corrected chi connectivity index (χ3v) is 6.98. The first-order chi connectivity index (χ1) is 13.6. The van der Waals surface area contributed by atoms with Crippen LogP contribution in [0.25, 0.3) is 16.7 Å². The maximum atomic E-state index is 12.5. The van der Waals surface area contributed by atoms with Gasteiger partial charge in [-0.25, -0.2) is 9.78 Å². The predicted octanol–water partition coefficient (Wildman–Crippen LogP) is 5.68. The number of nitrogens with zero attached hydrogens (tertiary/aromatic N) is 2. The number of fused-ring (bicyclic) bond motifs is 3. The minimum atomic E-state index is -0.287. The summed E-state index contributed by atoms with van der Waals surface area (Å²) in [6, 6.07) is 12.6. The molecule has 0 aliphatic carbocycles. The quantitative estimate of drug-likeness (QED) is 0.303. The van der Waals surface area contributed by atoms with Gasteiger partial charge in [-0.1, -0.05) is 36.4 Å². The van der Waals surface area contributed by atoms with Gasteiger partial charge in [0.2, 0.25) is 0 Å². The molecule has 0 spiro atoms. The van der Waals surface area contributed by atoms with Gasteiger partial charge in [0.05, 0.1) is 16.3 Å². The Hall–Kier alpha value is -2.31. The summed E-state index contributed by atoms with van der Waals surface area (Å²) in [4.78, 5) is 17.9. The molecular weight excluding hydrogens is 388 g/mol. The summed E-state index contributed by atoms with van der Waals surface area (Å²) in [5, 5.41) is 0. The number of carbonyl (C=O) groups excluding carboxylic acids is 1. The van der Waals surface area contributed by atoms with Crippen molar-refractivity contribution in [1.29, 1.82) is 0 Å². The van der Waals surface area contributed by atoms with E-state index in [0.717, 1.165) is 38.6 Å². The Balaban J connectivity index is 1.76. The Morgan fingerprint density at radius 1 is 1.25 bits per heavy atom. The Morgan fingerprint density at radius 2 is 2.04 bits per heavy atom. The lowest BCUT2D eigenvalue weighted by Crippen LogP contribution is -2.02. The van der Waals surface area contributed by atoms with Crippen molar-refractivity contribution in [2.45, 2.75) is 31.4 Å². The third-order valence-electron chi connectivity index (χ3n) is 4.57. The number of pyridine rings is 1. The van der Waals surface area contributed by atoms with Crippen molar-refractivity contribution >= 4 is 45.7 Å². The number of aryl methyl sites for hydroxylation is 3. The van der Waals surface area contributed by atoms with Crippen LogP contribution < -0.4 is 0 Å². The zero-order chi connectivity index (χ0) is 19.7. The van der Waals surface area contributed by atoms with Crippen LogP contribution in [0.4, 0.5) is 0 Å². The number of thiophene rings is 1. The highest BCUT2D eigenvalue weighted by molar-refractivity contribution is 8.01. The minimum absolute atomic E-state index is 0.287. The largest absolute Gasteiger partial charge is 0.462 e. The van der Waals surface area contributed by atoms with Gasteiger partial charge in [-0.2, -0.15) is 0 Å². The summed E-state index contributed by atoms with van der Waals surface area (Å²) < 4.78 is 8.53. The molecule has 0 bridgehead atoms. The molecular formula is C22H22N2O2S2. The lowest BCUT2D eigenvalue weighted by atomic mass is 10.2. The van der Waals surface area contributed by atoms with Crippen LogP contribution in [-0.4, -0.2) is 27.7 Å². The van der Waals surface area contributed by atoms with Gasteiger partial charge in [0.25, 0.3) is 0 Å². The van der Waals surface area contributed by atoms with Crippen LogP contribution in [0.3, 0.4) is 0 Å². The fraction of sp³-hybridized carbons (Fsp3) is 0.273. The summed E-state index contributed by atoms with van der Waals surface area (Å²) in [5.41, 5.74) is 6.27. The van der Waals surface area contributed by atoms with Crippen molar-refractivity contribution in [3.63, 3.8) is 0 Å². The zero-order valence-corrected chi connectivity index (χ0v) is 17.8. The number of hydrogen-bond donors (Lipinski definition) is 0. The Bertz CT molecular complexity index is 1150. The van der Waals surface area contributed by atoms with Gasteiger partial charge in [-0.3, -0.25) is 4.40 Å². The van der Waals surface area contributed by atoms with Crippen molar-refractivity contribution in [2.75, 3.05) is 12.4 Å². The maximum absolute atomic E-state index is 12.5. The van der Waals surface area contributed by atoms with Crippen LogP contribution in [0.5, 0.6) is 0 Å². The topological polar surface area (TPSA) is 43.6 Å². The number of benzene rings is 1. The van der Waals surface area contributed by atoms with Crippen LogP contribution >= 0.6 is 23.1 Å². The lowest BCUT2D eigenvalue weighted by molar-refractivity contribution is 0.0534. The smallest absolute Gasteiger partial charge is 0.350 e. The van der Waals surface area contributed by atoms with Crippen molar-refractivity contribution in [2.24, 2.45) is 0 Å². The molecule has 6 heteroatoms. The molecule has 0 saturated carbocycles. The molecule has 0 aliphatic rings. The molecule has 144 valence electrons. The number of ether oxygens (including phenoxy) is 1. The zero-order valence-electron chi connectivity index (χ0n) is 16.2. The monoisotopic (exact) mass is 410 g/mol. The van der Waals surface area contributed by atoms with E-state index in [0.29, 0.717) is 11.5 Å². The first kappa shape index (κ1) is 19.0. The normalized spacial score (nSPS) is 11.4. The van der Waals surface area contributed by atoms with Gasteiger partial charge in [0.1, 0.15) is 16.0 Å². The van der Waals surface area contributed by atoms with Gasteiger partial charge in [-0.15, -0.1) is 23.1 Å². The average Bonchev–Trinajstić information content (AvgIpc) is 3.21. The Kier molecular flexibility index (Phi) is 5.42. The fourth-order valence-electron chi connectivity index (χ4n) is 3.37. The van der Waals surface area contributed by atoms with Gasteiger partial charge in [-0.05, 0) is 43.9 Å². The molecule has 0 N–H and O–H groups in total. The predicted molar refractivity (Wildman–Crippen MR) is 117 cm³/mol. The number of hydrogen-bond acceptors (Lipinski definition) is 5. The van der Waals surface area contributed by atoms with Crippen LogP contribution in [0.15, 0.2) is 46.8 Å². The summed E-state index contributed by atoms with van der Waals surface area (Å²) in [7, 11) is 0. The second-order valence-electron chi connectivity index (χ2n) is 6.73. The molecule has 3 aromatic heterocycles. The first-order valence-electron chi connectivity index (χ1n) is 9.34. The molecule has 0 unspecified atom stereocenters. The molecule has 0 amide bonds. The van der Waals surface area contributed by atoms with Crippen LogP contribution in [0.2, 0.25) is 0 Å². The molecule has 1 aromatic carbocycles. The molecule has 0 atom stereocenters. The summed E-state index contributed by atoms with van der Waals surface area (Å²) in [5.74, 6) is 0.658. The second-order valence-corrected chi connectivity index (χ2v) is 9.11. The van der Waals surface area contributed by atoms with Crippen LogP contribution in [0, 0.1) is 13.8 Å². The standard InChI is InChI=1S/C22H22N2O2S2/c1-4-26-21(25)19-17-18(24-13-14(2)12-15(3)20(24)23-17)22(28-19)27-11-10-16-8-6-5-7-9-16/h5-9,12-13H,4,10-11H2,1-3H3. The van der Waals surface area contributed by atoms with E-state index in [2.05, 4.69) is 54.8 Å². The van der Waals surface area contributed by atoms with E-state index in [1.807, 2.05) is 13.0 Å². The van der Waals surface area contributed by atoms with Gasteiger partial charge >= 0.3 is 5.97 Å². The van der Waals surface area contributed by atoms with E-state index >= 15 is 0 Å². The van der Waals surface area contributed by atoms with Crippen molar-refractivity contribution < 1.29 is 9.53 Å². The second kappa shape index (κ2) is 7.97. The molecule has 4 nitrogen and oxygen atoms in total. The highest BCUT2D eigenvalue weighted by Crippen LogP contribution is 2.39. The summed E-state index contributed by atoms with van der Waals surface area (Å²) in [6.45, 7) is 6.33. The number of aromatic nitrogens is 2. The van der Waals surface area contributed by atoms with Gasteiger partial charge in [0, 0.05) is 11.9 Å². The number of thioether (sulfide) groups is 1. The first-order valence-corrected chi connectivity index (χ1v) is 11.1. The fourth-order valence-corrected chi connectivity index (χ4v) is 5.81. The molecule has 28 heavy (non-hydrogen) atoms. The van der Waals surface area contributed by atoms with Crippen molar-refractivity contribution in [3.05, 3.63) is 64.2 Å². The van der Waals surface area contributed by atoms with E-state index < -0.39 is 0 Å². The number of esters is 1. The molecule has 3 heterocycles.